The van der Waals surface area contributed by atoms with E-state index in [-0.39, 0.29) is 35.1 Å². The summed E-state index contributed by atoms with van der Waals surface area (Å²) < 4.78 is 38.7. The van der Waals surface area contributed by atoms with Crippen LogP contribution in [0.25, 0.3) is 0 Å². The molecule has 11 heteroatoms. The second-order valence-corrected chi connectivity index (χ2v) is 11.3. The molecule has 2 aliphatic rings. The first-order chi connectivity index (χ1) is 17.8. The van der Waals surface area contributed by atoms with Gasteiger partial charge in [-0.15, -0.1) is 0 Å². The number of ether oxygens (including phenoxy) is 2. The van der Waals surface area contributed by atoms with Crippen LogP contribution in [0.15, 0.2) is 41.3 Å². The third-order valence-electron chi connectivity index (χ3n) is 6.91. The van der Waals surface area contributed by atoms with E-state index in [0.717, 1.165) is 18.4 Å². The molecule has 1 heterocycles. The van der Waals surface area contributed by atoms with Crippen molar-refractivity contribution in [2.75, 3.05) is 45.7 Å². The Morgan fingerprint density at radius 3 is 2.41 bits per heavy atom. The predicted octanol–water partition coefficient (Wildman–Crippen LogP) is 1.94. The van der Waals surface area contributed by atoms with E-state index in [9.17, 15) is 18.3 Å². The molecule has 1 saturated heterocycles. The topological polar surface area (TPSA) is 129 Å². The highest BCUT2D eigenvalue weighted by molar-refractivity contribution is 7.89. The summed E-state index contributed by atoms with van der Waals surface area (Å²) in [5.74, 6) is 0.762. The number of hydrogen-bond donors (Lipinski definition) is 4. The lowest BCUT2D eigenvalue weighted by Crippen LogP contribution is -2.46. The first kappa shape index (κ1) is 27.2. The molecule has 0 bridgehead atoms. The molecule has 4 N–H and O–H groups in total. The third-order valence-corrected chi connectivity index (χ3v) is 8.80. The van der Waals surface area contributed by atoms with Gasteiger partial charge in [0.2, 0.25) is 10.0 Å². The monoisotopic (exact) mass is 532 g/mol. The van der Waals surface area contributed by atoms with Gasteiger partial charge in [-0.2, -0.15) is 4.31 Å². The number of carbonyl (C=O) groups excluding carboxylic acids is 1. The van der Waals surface area contributed by atoms with Crippen LogP contribution in [0.4, 0.5) is 5.69 Å². The Morgan fingerprint density at radius 2 is 1.73 bits per heavy atom. The van der Waals surface area contributed by atoms with E-state index in [4.69, 9.17) is 9.47 Å². The van der Waals surface area contributed by atoms with Gasteiger partial charge in [0.15, 0.2) is 11.5 Å². The number of sulfonamides is 1. The van der Waals surface area contributed by atoms with Crippen LogP contribution in [0.3, 0.4) is 0 Å². The zero-order chi connectivity index (χ0) is 26.4. The Labute approximate surface area is 218 Å². The summed E-state index contributed by atoms with van der Waals surface area (Å²) in [7, 11) is -0.631. The van der Waals surface area contributed by atoms with Crippen molar-refractivity contribution < 1.29 is 27.8 Å². The molecule has 4 rings (SSSR count). The van der Waals surface area contributed by atoms with Gasteiger partial charge in [-0.25, -0.2) is 8.42 Å². The van der Waals surface area contributed by atoms with Crippen LogP contribution in [-0.4, -0.2) is 76.3 Å². The molecule has 1 aliphatic heterocycles. The molecule has 0 radical (unpaired) electrons. The minimum Gasteiger partial charge on any atom is -0.493 e. The van der Waals surface area contributed by atoms with Gasteiger partial charge < -0.3 is 30.5 Å². The first-order valence-electron chi connectivity index (χ1n) is 12.6. The number of aliphatic hydroxyl groups is 1. The summed E-state index contributed by atoms with van der Waals surface area (Å²) in [5, 5.41) is 19.3. The Kier molecular flexibility index (Phi) is 8.91. The first-order valence-corrected chi connectivity index (χ1v) is 14.0. The molecule has 2 aromatic rings. The van der Waals surface area contributed by atoms with Crippen LogP contribution >= 0.6 is 0 Å². The van der Waals surface area contributed by atoms with Gasteiger partial charge in [-0.3, -0.25) is 4.79 Å². The zero-order valence-corrected chi connectivity index (χ0v) is 22.1. The minimum absolute atomic E-state index is 0.0929. The summed E-state index contributed by atoms with van der Waals surface area (Å²) >= 11 is 0. The number of rotatable bonds is 9. The average molecular weight is 533 g/mol. The van der Waals surface area contributed by atoms with Gasteiger partial charge in [0.25, 0.3) is 5.91 Å². The molecule has 2 aromatic carbocycles. The van der Waals surface area contributed by atoms with Crippen LogP contribution in [0.1, 0.15) is 41.6 Å². The molecule has 1 saturated carbocycles. The van der Waals surface area contributed by atoms with Crippen LogP contribution in [-0.2, 0) is 16.6 Å². The number of hydrogen-bond acceptors (Lipinski definition) is 8. The van der Waals surface area contributed by atoms with E-state index in [1.165, 1.54) is 10.4 Å². The maximum absolute atomic E-state index is 13.4. The number of aliphatic hydroxyl groups excluding tert-OH is 1. The number of carbonyl (C=O) groups is 1. The number of benzene rings is 2. The maximum atomic E-state index is 13.4. The lowest BCUT2D eigenvalue weighted by molar-refractivity contribution is 0.0951. The Balaban J connectivity index is 1.58. The Morgan fingerprint density at radius 1 is 1.03 bits per heavy atom. The fraction of sp³-hybridized carbons (Fsp3) is 0.500. The summed E-state index contributed by atoms with van der Waals surface area (Å²) in [5.41, 5.74) is 1.65. The summed E-state index contributed by atoms with van der Waals surface area (Å²) in [4.78, 5) is 13.5. The van der Waals surface area contributed by atoms with Gasteiger partial charge in [-0.05, 0) is 61.6 Å². The number of piperazine rings is 1. The molecule has 0 atom stereocenters. The molecule has 202 valence electrons. The van der Waals surface area contributed by atoms with Gasteiger partial charge in [0, 0.05) is 44.5 Å². The molecule has 1 aliphatic carbocycles. The summed E-state index contributed by atoms with van der Waals surface area (Å²) in [6.07, 6.45) is 2.62. The summed E-state index contributed by atoms with van der Waals surface area (Å²) in [6, 6.07) is 10.2. The van der Waals surface area contributed by atoms with Crippen molar-refractivity contribution in [2.45, 2.75) is 49.3 Å². The number of nitrogens with zero attached hydrogens (tertiary/aromatic N) is 1. The zero-order valence-electron chi connectivity index (χ0n) is 21.3. The fourth-order valence-electron chi connectivity index (χ4n) is 4.74. The highest BCUT2D eigenvalue weighted by Gasteiger charge is 2.28. The molecular weight excluding hydrogens is 496 g/mol. The average Bonchev–Trinajstić information content (AvgIpc) is 2.93. The number of amides is 1. The molecule has 0 spiro atoms. The van der Waals surface area contributed by atoms with Gasteiger partial charge >= 0.3 is 0 Å². The van der Waals surface area contributed by atoms with Crippen molar-refractivity contribution in [3.05, 3.63) is 47.5 Å². The quantitative estimate of drug-likeness (QED) is 0.386. The molecule has 2 fully saturated rings. The molecule has 1 amide bonds. The number of nitrogens with one attached hydrogen (secondary N) is 3. The van der Waals surface area contributed by atoms with Crippen molar-refractivity contribution >= 4 is 21.6 Å². The van der Waals surface area contributed by atoms with Gasteiger partial charge in [-0.1, -0.05) is 6.07 Å². The van der Waals surface area contributed by atoms with E-state index in [1.807, 2.05) is 6.07 Å². The van der Waals surface area contributed by atoms with Crippen LogP contribution in [0, 0.1) is 0 Å². The fourth-order valence-corrected chi connectivity index (χ4v) is 6.21. The van der Waals surface area contributed by atoms with Crippen molar-refractivity contribution in [1.82, 2.24) is 14.9 Å². The SMILES string of the molecule is COc1ccc(CNC(=O)c2cc(S(=O)(=O)N3CCNCC3)ccc2N[C@H]2CC[C@H](O)CC2)cc1OC. The van der Waals surface area contributed by atoms with Crippen LogP contribution in [0.2, 0.25) is 0 Å². The predicted molar refractivity (Wildman–Crippen MR) is 141 cm³/mol. The van der Waals surface area contributed by atoms with Gasteiger partial charge in [0.05, 0.1) is 30.8 Å². The van der Waals surface area contributed by atoms with E-state index in [1.54, 1.807) is 38.5 Å². The van der Waals surface area contributed by atoms with Crippen molar-refractivity contribution in [3.8, 4) is 11.5 Å². The molecular formula is C26H36N4O6S. The van der Waals surface area contributed by atoms with Crippen LogP contribution in [0.5, 0.6) is 11.5 Å². The van der Waals surface area contributed by atoms with Gasteiger partial charge in [0.1, 0.15) is 0 Å². The normalized spacial score (nSPS) is 20.7. The smallest absolute Gasteiger partial charge is 0.253 e. The second-order valence-electron chi connectivity index (χ2n) is 9.38. The minimum atomic E-state index is -3.74. The van der Waals surface area contributed by atoms with E-state index >= 15 is 0 Å². The molecule has 10 nitrogen and oxygen atoms in total. The maximum Gasteiger partial charge on any atom is 0.253 e. The second kappa shape index (κ2) is 12.1. The van der Waals surface area contributed by atoms with Crippen molar-refractivity contribution in [3.63, 3.8) is 0 Å². The van der Waals surface area contributed by atoms with E-state index < -0.39 is 10.0 Å². The van der Waals surface area contributed by atoms with Crippen molar-refractivity contribution in [2.24, 2.45) is 0 Å². The van der Waals surface area contributed by atoms with Crippen molar-refractivity contribution in [1.29, 1.82) is 0 Å². The lowest BCUT2D eigenvalue weighted by Gasteiger charge is -2.29. The van der Waals surface area contributed by atoms with E-state index in [0.29, 0.717) is 56.2 Å². The number of methoxy groups -OCH3 is 2. The van der Waals surface area contributed by atoms with E-state index in [2.05, 4.69) is 16.0 Å². The highest BCUT2D eigenvalue weighted by atomic mass is 32.2. The Bertz CT molecular complexity index is 1190. The third kappa shape index (κ3) is 6.53. The molecule has 0 unspecified atom stereocenters. The lowest BCUT2D eigenvalue weighted by atomic mass is 9.92. The highest BCUT2D eigenvalue weighted by Crippen LogP contribution is 2.29. The Hall–Kier alpha value is -2.86. The number of anilines is 1. The molecule has 0 aromatic heterocycles. The largest absolute Gasteiger partial charge is 0.493 e. The van der Waals surface area contributed by atoms with Crippen LogP contribution < -0.4 is 25.4 Å². The standard InChI is InChI=1S/C26H36N4O6S/c1-35-24-10-3-18(15-25(24)36-2)17-28-26(32)22-16-21(37(33,34)30-13-11-27-12-14-30)8-9-23(22)29-19-4-6-20(31)7-5-19/h3,8-10,15-16,19-20,27,29,31H,4-7,11-14,17H2,1-2H3,(H,28,32)/t19-,20-. The molecule has 37 heavy (non-hydrogen) atoms. The summed E-state index contributed by atoms with van der Waals surface area (Å²) in [6.45, 7) is 2.17.